The Balaban J connectivity index is 2.71. The maximum absolute atomic E-state index is 13.0. The molecule has 1 rings (SSSR count). The molecule has 0 radical (unpaired) electrons. The largest absolute Gasteiger partial charge is 0.467 e. The van der Waals surface area contributed by atoms with Crippen LogP contribution in [0.1, 0.15) is 40.0 Å². The molecule has 20 heavy (non-hydrogen) atoms. The molecule has 1 amide bonds. The van der Waals surface area contributed by atoms with Crippen molar-refractivity contribution in [3.63, 3.8) is 0 Å². The van der Waals surface area contributed by atoms with E-state index >= 15 is 0 Å². The monoisotopic (exact) mass is 287 g/mol. The first-order chi connectivity index (χ1) is 9.23. The van der Waals surface area contributed by atoms with Crippen LogP contribution in [0, 0.1) is 5.92 Å². The maximum Gasteiger partial charge on any atom is 0.408 e. The van der Waals surface area contributed by atoms with Gasteiger partial charge < -0.3 is 14.8 Å². The third-order valence-electron chi connectivity index (χ3n) is 2.99. The van der Waals surface area contributed by atoms with E-state index < -0.39 is 23.7 Å². The van der Waals surface area contributed by atoms with Gasteiger partial charge in [0.25, 0.3) is 0 Å². The molecule has 0 bridgehead atoms. The van der Waals surface area contributed by atoms with Gasteiger partial charge in [0, 0.05) is 0 Å². The fraction of sp³-hybridized carbons (Fsp3) is 0.714. The second-order valence-corrected chi connectivity index (χ2v) is 5.83. The zero-order chi connectivity index (χ0) is 15.3. The van der Waals surface area contributed by atoms with Gasteiger partial charge in [0.05, 0.1) is 12.9 Å². The summed E-state index contributed by atoms with van der Waals surface area (Å²) in [5.41, 5.74) is -0.649. The van der Waals surface area contributed by atoms with Crippen LogP contribution in [0.15, 0.2) is 11.9 Å². The van der Waals surface area contributed by atoms with E-state index in [2.05, 4.69) is 5.32 Å². The number of rotatable bonds is 3. The van der Waals surface area contributed by atoms with Gasteiger partial charge in [0.2, 0.25) is 0 Å². The molecule has 0 aromatic heterocycles. The van der Waals surface area contributed by atoms with Crippen molar-refractivity contribution >= 4 is 12.1 Å². The third-order valence-corrected chi connectivity index (χ3v) is 2.99. The number of methoxy groups -OCH3 is 1. The first kappa shape index (κ1) is 16.5. The average molecular weight is 287 g/mol. The van der Waals surface area contributed by atoms with E-state index in [0.717, 1.165) is 0 Å². The van der Waals surface area contributed by atoms with Gasteiger partial charge in [-0.15, -0.1) is 0 Å². The normalized spacial score (nSPS) is 20.6. The van der Waals surface area contributed by atoms with E-state index in [0.29, 0.717) is 12.8 Å². The minimum atomic E-state index is -0.820. The first-order valence-corrected chi connectivity index (χ1v) is 6.65. The molecule has 0 heterocycles. The molecular weight excluding hydrogens is 265 g/mol. The summed E-state index contributed by atoms with van der Waals surface area (Å²) in [6, 6.07) is -0.820. The topological polar surface area (TPSA) is 64.6 Å². The van der Waals surface area contributed by atoms with Crippen LogP contribution in [0.25, 0.3) is 0 Å². The summed E-state index contributed by atoms with van der Waals surface area (Å²) in [5, 5.41) is 2.52. The number of allylic oxidation sites excluding steroid dienone is 2. The summed E-state index contributed by atoms with van der Waals surface area (Å²) < 4.78 is 22.8. The van der Waals surface area contributed by atoms with Crippen LogP contribution in [-0.4, -0.2) is 30.8 Å². The Morgan fingerprint density at radius 2 is 2.10 bits per heavy atom. The highest BCUT2D eigenvalue weighted by Crippen LogP contribution is 2.27. The Morgan fingerprint density at radius 1 is 1.45 bits per heavy atom. The lowest BCUT2D eigenvalue weighted by atomic mass is 9.87. The minimum absolute atomic E-state index is 0.179. The molecule has 0 aliphatic heterocycles. The third kappa shape index (κ3) is 5.19. The van der Waals surface area contributed by atoms with Crippen LogP contribution in [-0.2, 0) is 14.3 Å². The molecule has 1 aliphatic rings. The highest BCUT2D eigenvalue weighted by atomic mass is 19.1. The highest BCUT2D eigenvalue weighted by molar-refractivity contribution is 5.81. The average Bonchev–Trinajstić information content (AvgIpc) is 2.34. The van der Waals surface area contributed by atoms with Crippen molar-refractivity contribution < 1.29 is 23.5 Å². The summed E-state index contributed by atoms with van der Waals surface area (Å²) in [7, 11) is 1.26. The Kier molecular flexibility index (Phi) is 5.53. The molecular formula is C14H22FNO4. The summed E-state index contributed by atoms with van der Waals surface area (Å²) in [6.45, 7) is 5.20. The van der Waals surface area contributed by atoms with Crippen molar-refractivity contribution in [1.82, 2.24) is 5.32 Å². The van der Waals surface area contributed by atoms with Gasteiger partial charge in [0.15, 0.2) is 0 Å². The number of hydrogen-bond donors (Lipinski definition) is 1. The number of halogens is 1. The second-order valence-electron chi connectivity index (χ2n) is 5.83. The molecule has 114 valence electrons. The van der Waals surface area contributed by atoms with E-state index in [1.54, 1.807) is 20.8 Å². The number of carbonyl (C=O) groups excluding carboxylic acids is 2. The van der Waals surface area contributed by atoms with Crippen LogP contribution < -0.4 is 5.32 Å². The molecule has 6 heteroatoms. The van der Waals surface area contributed by atoms with Crippen molar-refractivity contribution in [2.24, 2.45) is 5.92 Å². The predicted octanol–water partition coefficient (Wildman–Crippen LogP) is 2.71. The zero-order valence-corrected chi connectivity index (χ0v) is 12.4. The van der Waals surface area contributed by atoms with Gasteiger partial charge >= 0.3 is 12.1 Å². The molecule has 1 N–H and O–H groups in total. The Bertz CT molecular complexity index is 400. The van der Waals surface area contributed by atoms with E-state index in [4.69, 9.17) is 9.47 Å². The van der Waals surface area contributed by atoms with Crippen LogP contribution in [0.4, 0.5) is 9.18 Å². The van der Waals surface area contributed by atoms with Crippen LogP contribution in [0.2, 0.25) is 0 Å². The lowest BCUT2D eigenvalue weighted by Crippen LogP contribution is -2.48. The number of esters is 1. The predicted molar refractivity (Wildman–Crippen MR) is 71.7 cm³/mol. The number of amides is 1. The number of carbonyl (C=O) groups is 2. The molecule has 0 saturated carbocycles. The van der Waals surface area contributed by atoms with Gasteiger partial charge in [-0.1, -0.05) is 6.08 Å². The van der Waals surface area contributed by atoms with E-state index in [1.165, 1.54) is 13.2 Å². The Labute approximate surface area is 118 Å². The summed E-state index contributed by atoms with van der Waals surface area (Å²) in [5.74, 6) is -0.909. The summed E-state index contributed by atoms with van der Waals surface area (Å²) in [4.78, 5) is 23.6. The first-order valence-electron chi connectivity index (χ1n) is 6.65. The summed E-state index contributed by atoms with van der Waals surface area (Å²) >= 11 is 0. The van der Waals surface area contributed by atoms with E-state index in [9.17, 15) is 14.0 Å². The maximum atomic E-state index is 13.0. The van der Waals surface area contributed by atoms with Gasteiger partial charge in [-0.25, -0.2) is 14.0 Å². The molecule has 0 fully saturated rings. The SMILES string of the molecule is COC(=O)[C@@H](NC(=O)OC(C)(C)C)[C@H]1CC=C(F)CC1. The van der Waals surface area contributed by atoms with Crippen LogP contribution in [0.3, 0.4) is 0 Å². The molecule has 1 aliphatic carbocycles. The molecule has 5 nitrogen and oxygen atoms in total. The van der Waals surface area contributed by atoms with Gasteiger partial charge in [-0.2, -0.15) is 0 Å². The molecule has 0 aromatic carbocycles. The Hall–Kier alpha value is -1.59. The van der Waals surface area contributed by atoms with Crippen molar-refractivity contribution in [3.05, 3.63) is 11.9 Å². The van der Waals surface area contributed by atoms with Crippen molar-refractivity contribution in [2.45, 2.75) is 51.7 Å². The zero-order valence-electron chi connectivity index (χ0n) is 12.4. The highest BCUT2D eigenvalue weighted by Gasteiger charge is 2.33. The fourth-order valence-corrected chi connectivity index (χ4v) is 2.06. The molecule has 2 atom stereocenters. The molecule has 0 spiro atoms. The number of ether oxygens (including phenoxy) is 2. The Morgan fingerprint density at radius 3 is 2.55 bits per heavy atom. The number of nitrogens with one attached hydrogen (secondary N) is 1. The van der Waals surface area contributed by atoms with Gasteiger partial charge in [-0.05, 0) is 46.0 Å². The van der Waals surface area contributed by atoms with Gasteiger partial charge in [-0.3, -0.25) is 0 Å². The number of alkyl carbamates (subject to hydrolysis) is 1. The van der Waals surface area contributed by atoms with Gasteiger partial charge in [0.1, 0.15) is 11.6 Å². The minimum Gasteiger partial charge on any atom is -0.467 e. The van der Waals surface area contributed by atoms with Crippen molar-refractivity contribution in [3.8, 4) is 0 Å². The van der Waals surface area contributed by atoms with E-state index in [-0.39, 0.29) is 18.2 Å². The van der Waals surface area contributed by atoms with Crippen LogP contribution in [0.5, 0.6) is 0 Å². The number of hydrogen-bond acceptors (Lipinski definition) is 4. The smallest absolute Gasteiger partial charge is 0.408 e. The van der Waals surface area contributed by atoms with Crippen LogP contribution >= 0.6 is 0 Å². The lowest BCUT2D eigenvalue weighted by Gasteiger charge is -2.28. The lowest BCUT2D eigenvalue weighted by molar-refractivity contribution is -0.144. The van der Waals surface area contributed by atoms with Crippen molar-refractivity contribution in [2.75, 3.05) is 7.11 Å². The fourth-order valence-electron chi connectivity index (χ4n) is 2.06. The van der Waals surface area contributed by atoms with Crippen molar-refractivity contribution in [1.29, 1.82) is 0 Å². The molecule has 0 saturated heterocycles. The summed E-state index contributed by atoms with van der Waals surface area (Å²) in [6.07, 6.45) is 1.91. The van der Waals surface area contributed by atoms with E-state index in [1.807, 2.05) is 0 Å². The molecule has 0 unspecified atom stereocenters. The molecule has 0 aromatic rings. The second kappa shape index (κ2) is 6.72. The quantitative estimate of drug-likeness (QED) is 0.811. The standard InChI is InChI=1S/C14H22FNO4/c1-14(2,3)20-13(18)16-11(12(17)19-4)9-5-7-10(15)8-6-9/h7,9,11H,5-6,8H2,1-4H3,(H,16,18)/t9-,11-/m0/s1.